The number of aromatic amines is 1. The molecule has 1 atom stereocenters. The number of amides is 2. The molecule has 0 aliphatic carbocycles. The van der Waals surface area contributed by atoms with Gasteiger partial charge >= 0.3 is 0 Å². The van der Waals surface area contributed by atoms with E-state index in [2.05, 4.69) is 15.5 Å². The van der Waals surface area contributed by atoms with Crippen LogP contribution >= 0.6 is 0 Å². The van der Waals surface area contributed by atoms with Crippen LogP contribution in [-0.2, 0) is 21.6 Å². The summed E-state index contributed by atoms with van der Waals surface area (Å²) >= 11 is 0. The molecule has 2 N–H and O–H groups in total. The molecule has 0 spiro atoms. The van der Waals surface area contributed by atoms with Crippen molar-refractivity contribution in [2.75, 3.05) is 11.9 Å². The Kier molecular flexibility index (Phi) is 4.22. The number of carbonyl (C=O) groups is 2. The van der Waals surface area contributed by atoms with Gasteiger partial charge in [0.1, 0.15) is 11.9 Å². The van der Waals surface area contributed by atoms with Gasteiger partial charge in [-0.05, 0) is 51.0 Å². The molecule has 0 saturated carbocycles. The first-order valence-corrected chi connectivity index (χ1v) is 8.95. The van der Waals surface area contributed by atoms with Crippen LogP contribution in [0.3, 0.4) is 0 Å². The predicted molar refractivity (Wildman–Crippen MR) is 95.5 cm³/mol. The molecule has 1 fully saturated rings. The number of H-pyrrole nitrogens is 1. The van der Waals surface area contributed by atoms with Gasteiger partial charge in [0.05, 0.1) is 17.8 Å². The second kappa shape index (κ2) is 6.45. The molecule has 2 aliphatic heterocycles. The van der Waals surface area contributed by atoms with Crippen LogP contribution in [0.1, 0.15) is 48.3 Å². The van der Waals surface area contributed by atoms with Crippen molar-refractivity contribution in [3.63, 3.8) is 0 Å². The van der Waals surface area contributed by atoms with Crippen LogP contribution in [0.25, 0.3) is 0 Å². The summed E-state index contributed by atoms with van der Waals surface area (Å²) in [6.07, 6.45) is 1.21. The molecule has 27 heavy (non-hydrogen) atoms. The normalized spacial score (nSPS) is 20.6. The summed E-state index contributed by atoms with van der Waals surface area (Å²) < 4.78 is 18.6. The van der Waals surface area contributed by atoms with Crippen molar-refractivity contribution in [2.24, 2.45) is 0 Å². The van der Waals surface area contributed by atoms with E-state index in [1.165, 1.54) is 24.3 Å². The fraction of sp³-hybridized carbons (Fsp3) is 0.421. The number of halogens is 1. The molecule has 142 valence electrons. The van der Waals surface area contributed by atoms with E-state index in [4.69, 9.17) is 4.74 Å². The van der Waals surface area contributed by atoms with Gasteiger partial charge in [0.2, 0.25) is 0 Å². The van der Waals surface area contributed by atoms with Gasteiger partial charge in [0.15, 0.2) is 5.82 Å². The minimum Gasteiger partial charge on any atom is -0.368 e. The highest BCUT2D eigenvalue weighted by molar-refractivity contribution is 6.04. The van der Waals surface area contributed by atoms with E-state index in [-0.39, 0.29) is 11.8 Å². The molecule has 1 aromatic carbocycles. The number of ether oxygens (including phenoxy) is 1. The van der Waals surface area contributed by atoms with Gasteiger partial charge in [0.25, 0.3) is 11.8 Å². The van der Waals surface area contributed by atoms with Crippen LogP contribution in [0.15, 0.2) is 24.3 Å². The number of carbonyl (C=O) groups excluding carboxylic acids is 2. The number of nitrogens with zero attached hydrogens (tertiary/aromatic N) is 2. The van der Waals surface area contributed by atoms with Crippen molar-refractivity contribution in [1.29, 1.82) is 0 Å². The lowest BCUT2D eigenvalue weighted by Gasteiger charge is -2.33. The van der Waals surface area contributed by atoms with E-state index in [0.717, 1.165) is 24.1 Å². The summed E-state index contributed by atoms with van der Waals surface area (Å²) in [4.78, 5) is 27.0. The molecule has 2 aromatic rings. The van der Waals surface area contributed by atoms with Crippen molar-refractivity contribution >= 4 is 17.6 Å². The topological polar surface area (TPSA) is 87.3 Å². The van der Waals surface area contributed by atoms with Gasteiger partial charge < -0.3 is 15.0 Å². The molecule has 0 bridgehead atoms. The molecule has 4 rings (SSSR count). The first-order valence-electron chi connectivity index (χ1n) is 8.95. The Bertz CT molecular complexity index is 885. The second-order valence-corrected chi connectivity index (χ2v) is 7.37. The molecule has 8 heteroatoms. The van der Waals surface area contributed by atoms with Crippen molar-refractivity contribution in [2.45, 2.75) is 44.9 Å². The van der Waals surface area contributed by atoms with Crippen LogP contribution in [0.5, 0.6) is 0 Å². The average molecular weight is 372 g/mol. The monoisotopic (exact) mass is 372 g/mol. The van der Waals surface area contributed by atoms with Crippen molar-refractivity contribution in [3.05, 3.63) is 46.9 Å². The third-order valence-corrected chi connectivity index (χ3v) is 5.28. The first kappa shape index (κ1) is 17.7. The standard InChI is InChI=1S/C19H21FN4O3/c1-19(2)15-13(10-24(19)18(26)14-4-3-9-27-14)16(23-22-15)21-17(25)11-5-7-12(20)8-6-11/h5-8,14H,3-4,9-10H2,1-2H3,(H2,21,22,23,25)/t14-/m1/s1. The summed E-state index contributed by atoms with van der Waals surface area (Å²) in [5.74, 6) is -0.448. The Balaban J connectivity index is 1.55. The van der Waals surface area contributed by atoms with Gasteiger partial charge in [-0.15, -0.1) is 0 Å². The number of rotatable bonds is 3. The predicted octanol–water partition coefficient (Wildman–Crippen LogP) is 2.56. The minimum absolute atomic E-state index is 0.0436. The number of benzene rings is 1. The average Bonchev–Trinajstić information content (AvgIpc) is 3.34. The first-order chi connectivity index (χ1) is 12.9. The molecule has 0 radical (unpaired) electrons. The van der Waals surface area contributed by atoms with Crippen molar-refractivity contribution in [1.82, 2.24) is 15.1 Å². The summed E-state index contributed by atoms with van der Waals surface area (Å²) in [6, 6.07) is 5.29. The highest BCUT2D eigenvalue weighted by Crippen LogP contribution is 2.41. The number of hydrogen-bond donors (Lipinski definition) is 2. The molecule has 3 heterocycles. The SMILES string of the molecule is CC1(C)c2[nH]nc(NC(=O)c3ccc(F)cc3)c2CN1C(=O)[C@H]1CCCO1. The molecule has 1 aromatic heterocycles. The maximum Gasteiger partial charge on any atom is 0.256 e. The zero-order valence-electron chi connectivity index (χ0n) is 15.2. The maximum absolute atomic E-state index is 13.0. The van der Waals surface area contributed by atoms with E-state index in [1.54, 1.807) is 4.90 Å². The van der Waals surface area contributed by atoms with E-state index in [9.17, 15) is 14.0 Å². The molecule has 0 unspecified atom stereocenters. The Hall–Kier alpha value is -2.74. The highest BCUT2D eigenvalue weighted by Gasteiger charge is 2.46. The van der Waals surface area contributed by atoms with E-state index < -0.39 is 17.5 Å². The molecule has 2 aliphatic rings. The fourth-order valence-corrected chi connectivity index (χ4v) is 3.70. The summed E-state index contributed by atoms with van der Waals surface area (Å²) in [6.45, 7) is 4.83. The molecular formula is C19H21FN4O3. The van der Waals surface area contributed by atoms with Gasteiger partial charge in [-0.25, -0.2) is 4.39 Å². The van der Waals surface area contributed by atoms with Crippen molar-refractivity contribution < 1.29 is 18.7 Å². The molecule has 2 amide bonds. The highest BCUT2D eigenvalue weighted by atomic mass is 19.1. The van der Waals surface area contributed by atoms with Gasteiger partial charge in [-0.2, -0.15) is 5.10 Å². The van der Waals surface area contributed by atoms with Crippen LogP contribution in [0.2, 0.25) is 0 Å². The molecular weight excluding hydrogens is 351 g/mol. The van der Waals surface area contributed by atoms with Crippen LogP contribution < -0.4 is 5.32 Å². The van der Waals surface area contributed by atoms with Gasteiger partial charge in [0, 0.05) is 17.7 Å². The second-order valence-electron chi connectivity index (χ2n) is 7.37. The third kappa shape index (κ3) is 2.99. The zero-order chi connectivity index (χ0) is 19.2. The maximum atomic E-state index is 13.0. The van der Waals surface area contributed by atoms with E-state index in [0.29, 0.717) is 24.5 Å². The van der Waals surface area contributed by atoms with Crippen LogP contribution in [0.4, 0.5) is 10.2 Å². The smallest absolute Gasteiger partial charge is 0.256 e. The summed E-state index contributed by atoms with van der Waals surface area (Å²) in [5, 5.41) is 9.92. The largest absolute Gasteiger partial charge is 0.368 e. The third-order valence-electron chi connectivity index (χ3n) is 5.28. The number of hydrogen-bond acceptors (Lipinski definition) is 4. The molecule has 1 saturated heterocycles. The summed E-state index contributed by atoms with van der Waals surface area (Å²) in [5.41, 5.74) is 1.33. The quantitative estimate of drug-likeness (QED) is 0.867. The van der Waals surface area contributed by atoms with Crippen LogP contribution in [0, 0.1) is 5.82 Å². The van der Waals surface area contributed by atoms with E-state index in [1.807, 2.05) is 13.8 Å². The van der Waals surface area contributed by atoms with E-state index >= 15 is 0 Å². The Morgan fingerprint density at radius 2 is 2.07 bits per heavy atom. The fourth-order valence-electron chi connectivity index (χ4n) is 3.70. The van der Waals surface area contributed by atoms with Gasteiger partial charge in [-0.1, -0.05) is 0 Å². The zero-order valence-corrected chi connectivity index (χ0v) is 15.2. The number of fused-ring (bicyclic) bond motifs is 1. The number of nitrogens with one attached hydrogen (secondary N) is 2. The van der Waals surface area contributed by atoms with Gasteiger partial charge in [-0.3, -0.25) is 14.7 Å². The Morgan fingerprint density at radius 1 is 1.33 bits per heavy atom. The number of aromatic nitrogens is 2. The van der Waals surface area contributed by atoms with Crippen molar-refractivity contribution in [3.8, 4) is 0 Å². The lowest BCUT2D eigenvalue weighted by molar-refractivity contribution is -0.146. The lowest BCUT2D eigenvalue weighted by Crippen LogP contribution is -2.45. The Labute approximate surface area is 155 Å². The lowest BCUT2D eigenvalue weighted by atomic mass is 10.00. The Morgan fingerprint density at radius 3 is 2.74 bits per heavy atom. The summed E-state index contributed by atoms with van der Waals surface area (Å²) in [7, 11) is 0. The molecule has 7 nitrogen and oxygen atoms in total. The number of anilines is 1. The van der Waals surface area contributed by atoms with Crippen LogP contribution in [-0.4, -0.2) is 39.6 Å². The minimum atomic E-state index is -0.579.